The third-order valence-corrected chi connectivity index (χ3v) is 4.38. The number of nitrogens with zero attached hydrogens (tertiary/aromatic N) is 3. The average Bonchev–Trinajstić information content (AvgIpc) is 2.98. The molecule has 4 nitrogen and oxygen atoms in total. The van der Waals surface area contributed by atoms with Gasteiger partial charge in [0.05, 0.1) is 6.33 Å². The molecule has 3 unspecified atom stereocenters. The first-order valence-electron chi connectivity index (χ1n) is 7.27. The molecule has 1 aromatic rings. The fourth-order valence-electron chi connectivity index (χ4n) is 3.54. The maximum Gasteiger partial charge on any atom is 0.0946 e. The van der Waals surface area contributed by atoms with Gasteiger partial charge in [0.2, 0.25) is 0 Å². The van der Waals surface area contributed by atoms with Gasteiger partial charge in [-0.15, -0.1) is 0 Å². The summed E-state index contributed by atoms with van der Waals surface area (Å²) in [6.45, 7) is 5.92. The molecule has 100 valence electrons. The van der Waals surface area contributed by atoms with Gasteiger partial charge in [0, 0.05) is 37.1 Å². The Bertz CT molecular complexity index is 362. The van der Waals surface area contributed by atoms with Crippen molar-refractivity contribution in [2.45, 2.75) is 57.3 Å². The quantitative estimate of drug-likeness (QED) is 0.876. The number of hydrogen-bond acceptors (Lipinski definition) is 3. The number of nitrogens with one attached hydrogen (secondary N) is 1. The molecular weight excluding hydrogens is 224 g/mol. The first-order valence-corrected chi connectivity index (χ1v) is 7.27. The zero-order valence-electron chi connectivity index (χ0n) is 11.3. The molecule has 18 heavy (non-hydrogen) atoms. The molecule has 0 saturated carbocycles. The molecular formula is C14H24N4. The summed E-state index contributed by atoms with van der Waals surface area (Å²) in [5, 5.41) is 3.79. The largest absolute Gasteiger partial charge is 0.336 e. The summed E-state index contributed by atoms with van der Waals surface area (Å²) in [6, 6.07) is 2.09. The summed E-state index contributed by atoms with van der Waals surface area (Å²) < 4.78 is 2.16. The number of fused-ring (bicyclic) bond motifs is 1. The van der Waals surface area contributed by atoms with Crippen LogP contribution in [-0.2, 0) is 6.54 Å². The van der Waals surface area contributed by atoms with Gasteiger partial charge in [-0.2, -0.15) is 0 Å². The van der Waals surface area contributed by atoms with E-state index < -0.39 is 0 Å². The van der Waals surface area contributed by atoms with Crippen LogP contribution in [0.2, 0.25) is 0 Å². The second-order valence-corrected chi connectivity index (χ2v) is 5.88. The topological polar surface area (TPSA) is 33.1 Å². The molecule has 2 aliphatic heterocycles. The van der Waals surface area contributed by atoms with Crippen LogP contribution in [0, 0.1) is 0 Å². The van der Waals surface area contributed by atoms with Gasteiger partial charge in [0.1, 0.15) is 0 Å². The Morgan fingerprint density at radius 2 is 2.33 bits per heavy atom. The van der Waals surface area contributed by atoms with Crippen LogP contribution >= 0.6 is 0 Å². The Hall–Kier alpha value is -0.870. The Morgan fingerprint density at radius 1 is 1.39 bits per heavy atom. The monoisotopic (exact) mass is 248 g/mol. The standard InChI is InChI=1S/C14H24N4/c1-12(10-17-8-5-15-11-17)16-13-4-7-18-6-2-3-14(18)9-13/h5,8,11-14,16H,2-4,6-7,9-10H2,1H3. The molecule has 0 spiro atoms. The highest BCUT2D eigenvalue weighted by Crippen LogP contribution is 2.26. The van der Waals surface area contributed by atoms with Crippen molar-refractivity contribution in [3.05, 3.63) is 18.7 Å². The van der Waals surface area contributed by atoms with Crippen molar-refractivity contribution in [1.29, 1.82) is 0 Å². The van der Waals surface area contributed by atoms with Crippen molar-refractivity contribution in [2.75, 3.05) is 13.1 Å². The Kier molecular flexibility index (Phi) is 3.66. The van der Waals surface area contributed by atoms with Crippen LogP contribution in [0.1, 0.15) is 32.6 Å². The lowest BCUT2D eigenvalue weighted by molar-refractivity contribution is 0.160. The predicted octanol–water partition coefficient (Wildman–Crippen LogP) is 1.49. The highest BCUT2D eigenvalue weighted by atomic mass is 15.2. The Morgan fingerprint density at radius 3 is 3.17 bits per heavy atom. The second-order valence-electron chi connectivity index (χ2n) is 5.88. The molecule has 3 heterocycles. The molecule has 2 saturated heterocycles. The van der Waals surface area contributed by atoms with E-state index in [-0.39, 0.29) is 0 Å². The van der Waals surface area contributed by atoms with Crippen LogP contribution in [0.4, 0.5) is 0 Å². The fraction of sp³-hybridized carbons (Fsp3) is 0.786. The zero-order chi connectivity index (χ0) is 12.4. The first kappa shape index (κ1) is 12.2. The van der Waals surface area contributed by atoms with E-state index in [1.807, 2.05) is 18.7 Å². The van der Waals surface area contributed by atoms with Crippen molar-refractivity contribution in [3.8, 4) is 0 Å². The number of hydrogen-bond donors (Lipinski definition) is 1. The molecule has 3 atom stereocenters. The van der Waals surface area contributed by atoms with Crippen molar-refractivity contribution < 1.29 is 0 Å². The van der Waals surface area contributed by atoms with E-state index in [2.05, 4.69) is 26.7 Å². The molecule has 0 radical (unpaired) electrons. The van der Waals surface area contributed by atoms with Crippen molar-refractivity contribution >= 4 is 0 Å². The van der Waals surface area contributed by atoms with Crippen molar-refractivity contribution in [2.24, 2.45) is 0 Å². The first-order chi connectivity index (χ1) is 8.81. The molecule has 2 fully saturated rings. The molecule has 1 aromatic heterocycles. The van der Waals surface area contributed by atoms with Crippen LogP contribution in [0.3, 0.4) is 0 Å². The van der Waals surface area contributed by atoms with Gasteiger partial charge in [-0.3, -0.25) is 0 Å². The lowest BCUT2D eigenvalue weighted by atomic mass is 9.97. The van der Waals surface area contributed by atoms with Crippen LogP contribution in [0.5, 0.6) is 0 Å². The molecule has 1 N–H and O–H groups in total. The van der Waals surface area contributed by atoms with Crippen molar-refractivity contribution in [1.82, 2.24) is 19.8 Å². The summed E-state index contributed by atoms with van der Waals surface area (Å²) in [4.78, 5) is 6.77. The SMILES string of the molecule is CC(Cn1ccnc1)NC1CCN2CCCC2C1. The minimum absolute atomic E-state index is 0.525. The second kappa shape index (κ2) is 5.41. The molecule has 0 aliphatic carbocycles. The summed E-state index contributed by atoms with van der Waals surface area (Å²) in [6.07, 6.45) is 11.3. The average molecular weight is 248 g/mol. The fourth-order valence-corrected chi connectivity index (χ4v) is 3.54. The van der Waals surface area contributed by atoms with Gasteiger partial charge in [-0.1, -0.05) is 0 Å². The van der Waals surface area contributed by atoms with Crippen LogP contribution in [0.15, 0.2) is 18.7 Å². The number of rotatable bonds is 4. The number of imidazole rings is 1. The molecule has 2 aliphatic rings. The van der Waals surface area contributed by atoms with Gasteiger partial charge in [0.15, 0.2) is 0 Å². The highest BCUT2D eigenvalue weighted by molar-refractivity contribution is 4.90. The molecule has 0 amide bonds. The normalized spacial score (nSPS) is 30.3. The van der Waals surface area contributed by atoms with E-state index in [9.17, 15) is 0 Å². The lowest BCUT2D eigenvalue weighted by Crippen LogP contribution is -2.48. The Balaban J connectivity index is 1.47. The van der Waals surface area contributed by atoms with E-state index in [0.29, 0.717) is 12.1 Å². The van der Waals surface area contributed by atoms with E-state index >= 15 is 0 Å². The maximum atomic E-state index is 4.09. The molecule has 0 bridgehead atoms. The minimum atomic E-state index is 0.525. The molecule has 3 rings (SSSR count). The highest BCUT2D eigenvalue weighted by Gasteiger charge is 2.31. The zero-order valence-corrected chi connectivity index (χ0v) is 11.3. The minimum Gasteiger partial charge on any atom is -0.336 e. The van der Waals surface area contributed by atoms with E-state index in [0.717, 1.165) is 12.6 Å². The molecule has 0 aromatic carbocycles. The van der Waals surface area contributed by atoms with Gasteiger partial charge >= 0.3 is 0 Å². The third kappa shape index (κ3) is 2.75. The van der Waals surface area contributed by atoms with E-state index in [1.165, 1.54) is 38.8 Å². The van der Waals surface area contributed by atoms with Crippen molar-refractivity contribution in [3.63, 3.8) is 0 Å². The van der Waals surface area contributed by atoms with Crippen LogP contribution in [-0.4, -0.2) is 45.7 Å². The summed E-state index contributed by atoms with van der Waals surface area (Å²) in [5.74, 6) is 0. The predicted molar refractivity (Wildman–Crippen MR) is 72.4 cm³/mol. The summed E-state index contributed by atoms with van der Waals surface area (Å²) in [5.41, 5.74) is 0. The van der Waals surface area contributed by atoms with Gasteiger partial charge in [-0.25, -0.2) is 4.98 Å². The van der Waals surface area contributed by atoms with Gasteiger partial charge in [0.25, 0.3) is 0 Å². The lowest BCUT2D eigenvalue weighted by Gasteiger charge is -2.36. The summed E-state index contributed by atoms with van der Waals surface area (Å²) >= 11 is 0. The van der Waals surface area contributed by atoms with E-state index in [1.54, 1.807) is 0 Å². The Labute approximate surface area is 109 Å². The maximum absolute atomic E-state index is 4.09. The number of piperidine rings is 1. The smallest absolute Gasteiger partial charge is 0.0946 e. The van der Waals surface area contributed by atoms with Crippen LogP contribution in [0.25, 0.3) is 0 Å². The van der Waals surface area contributed by atoms with Gasteiger partial charge < -0.3 is 14.8 Å². The van der Waals surface area contributed by atoms with E-state index in [4.69, 9.17) is 0 Å². The molecule has 4 heteroatoms. The number of aromatic nitrogens is 2. The van der Waals surface area contributed by atoms with Crippen LogP contribution < -0.4 is 5.32 Å². The third-order valence-electron chi connectivity index (χ3n) is 4.38. The van der Waals surface area contributed by atoms with Gasteiger partial charge in [-0.05, 0) is 45.7 Å². The summed E-state index contributed by atoms with van der Waals surface area (Å²) in [7, 11) is 0.